The van der Waals surface area contributed by atoms with Crippen LogP contribution in [0.4, 0.5) is 5.69 Å². The molecule has 5 rings (SSSR count). The van der Waals surface area contributed by atoms with Gasteiger partial charge in [0.25, 0.3) is 6.47 Å². The van der Waals surface area contributed by atoms with Gasteiger partial charge in [-0.05, 0) is 87.0 Å². The lowest BCUT2D eigenvalue weighted by atomic mass is 9.93. The highest BCUT2D eigenvalue weighted by atomic mass is 32.1. The van der Waals surface area contributed by atoms with E-state index in [1.807, 2.05) is 52.1 Å². The topological polar surface area (TPSA) is 64.5 Å². The molecule has 6 nitrogen and oxygen atoms in total. The van der Waals surface area contributed by atoms with E-state index in [1.165, 1.54) is 28.6 Å². The minimum Gasteiger partial charge on any atom is -0.485 e. The molecule has 0 unspecified atom stereocenters. The van der Waals surface area contributed by atoms with Gasteiger partial charge in [-0.2, -0.15) is 0 Å². The monoisotopic (exact) mass is 531 g/mol. The van der Waals surface area contributed by atoms with E-state index in [4.69, 9.17) is 9.72 Å². The first-order valence-corrected chi connectivity index (χ1v) is 14.0. The summed E-state index contributed by atoms with van der Waals surface area (Å²) in [7, 11) is 0. The van der Waals surface area contributed by atoms with Crippen molar-refractivity contribution in [1.82, 2.24) is 9.97 Å². The molecule has 0 spiro atoms. The van der Waals surface area contributed by atoms with Crippen LogP contribution in [0.5, 0.6) is 5.75 Å². The van der Waals surface area contributed by atoms with Crippen LogP contribution < -0.4 is 9.64 Å². The number of piperidine rings is 1. The number of ether oxygens (including phenoxy) is 2. The van der Waals surface area contributed by atoms with Crippen molar-refractivity contribution in [3.63, 3.8) is 0 Å². The maximum Gasteiger partial charge on any atom is 0.293 e. The molecule has 2 aromatic carbocycles. The molecule has 1 saturated heterocycles. The van der Waals surface area contributed by atoms with E-state index >= 15 is 0 Å². The van der Waals surface area contributed by atoms with Crippen molar-refractivity contribution in [2.75, 3.05) is 18.0 Å². The van der Waals surface area contributed by atoms with Gasteiger partial charge in [0.05, 0.1) is 11.9 Å². The maximum absolute atomic E-state index is 9.60. The molecule has 1 aliphatic rings. The molecule has 3 heterocycles. The third-order valence-corrected chi connectivity index (χ3v) is 7.41. The Labute approximate surface area is 229 Å². The Morgan fingerprint density at radius 1 is 1.08 bits per heavy atom. The lowest BCUT2D eigenvalue weighted by molar-refractivity contribution is -0.138. The fraction of sp³-hybridized carbons (Fsp3) is 0.387. The average molecular weight is 532 g/mol. The molecular formula is C31H37N3O3S. The Morgan fingerprint density at radius 3 is 2.50 bits per heavy atom. The summed E-state index contributed by atoms with van der Waals surface area (Å²) in [5.74, 6) is 2.34. The normalized spacial score (nSPS) is 14.1. The predicted molar refractivity (Wildman–Crippen MR) is 155 cm³/mol. The molecule has 1 aliphatic heterocycles. The molecular weight excluding hydrogens is 494 g/mol. The van der Waals surface area contributed by atoms with Crippen LogP contribution in [0.15, 0.2) is 66.2 Å². The highest BCUT2D eigenvalue weighted by Gasteiger charge is 2.21. The van der Waals surface area contributed by atoms with Crippen LogP contribution in [0.25, 0.3) is 10.1 Å². The molecule has 0 amide bonds. The molecule has 0 aliphatic carbocycles. The van der Waals surface area contributed by atoms with E-state index in [0.29, 0.717) is 19.0 Å². The number of aryl methyl sites for hydroxylation is 1. The van der Waals surface area contributed by atoms with Crippen LogP contribution >= 0.6 is 11.3 Å². The molecule has 0 bridgehead atoms. The van der Waals surface area contributed by atoms with Crippen molar-refractivity contribution in [1.29, 1.82) is 0 Å². The van der Waals surface area contributed by atoms with Crippen LogP contribution in [-0.4, -0.2) is 35.1 Å². The van der Waals surface area contributed by atoms with Crippen LogP contribution in [-0.2, 0) is 22.6 Å². The van der Waals surface area contributed by atoms with Crippen LogP contribution in [0.1, 0.15) is 50.7 Å². The van der Waals surface area contributed by atoms with Gasteiger partial charge in [-0.15, -0.1) is 11.3 Å². The highest BCUT2D eigenvalue weighted by Crippen LogP contribution is 2.30. The first-order valence-electron chi connectivity index (χ1n) is 13.1. The van der Waals surface area contributed by atoms with Gasteiger partial charge < -0.3 is 14.4 Å². The van der Waals surface area contributed by atoms with Gasteiger partial charge in [0.1, 0.15) is 18.0 Å². The molecule has 7 heteroatoms. The molecule has 0 radical (unpaired) electrons. The van der Waals surface area contributed by atoms with Crippen molar-refractivity contribution in [3.05, 3.63) is 83.3 Å². The fourth-order valence-corrected chi connectivity index (χ4v) is 5.20. The number of rotatable bonds is 7. The number of anilines is 1. The van der Waals surface area contributed by atoms with E-state index in [0.717, 1.165) is 42.3 Å². The quantitative estimate of drug-likeness (QED) is 0.239. The van der Waals surface area contributed by atoms with Crippen molar-refractivity contribution < 1.29 is 14.3 Å². The zero-order valence-electron chi connectivity index (χ0n) is 22.7. The van der Waals surface area contributed by atoms with Gasteiger partial charge in [-0.1, -0.05) is 30.3 Å². The van der Waals surface area contributed by atoms with E-state index in [1.54, 1.807) is 11.3 Å². The predicted octanol–water partition coefficient (Wildman–Crippen LogP) is 7.00. The number of hydrogen-bond donors (Lipinski definition) is 0. The van der Waals surface area contributed by atoms with Gasteiger partial charge in [0, 0.05) is 29.9 Å². The third kappa shape index (κ3) is 8.02. The van der Waals surface area contributed by atoms with Crippen LogP contribution in [0.2, 0.25) is 0 Å². The van der Waals surface area contributed by atoms with Gasteiger partial charge in [0.2, 0.25) is 0 Å². The smallest absolute Gasteiger partial charge is 0.293 e. The summed E-state index contributed by atoms with van der Waals surface area (Å²) in [6.07, 6.45) is 5.13. The molecule has 1 fully saturated rings. The number of nitrogens with zero attached hydrogens (tertiary/aromatic N) is 3. The molecule has 200 valence electrons. The van der Waals surface area contributed by atoms with Gasteiger partial charge in [-0.3, -0.25) is 4.79 Å². The molecule has 0 N–H and O–H groups in total. The third-order valence-electron chi connectivity index (χ3n) is 6.51. The van der Waals surface area contributed by atoms with Crippen molar-refractivity contribution in [2.45, 2.75) is 59.2 Å². The van der Waals surface area contributed by atoms with Gasteiger partial charge >= 0.3 is 0 Å². The Balaban J connectivity index is 0.000000426. The second-order valence-corrected chi connectivity index (χ2v) is 11.6. The summed E-state index contributed by atoms with van der Waals surface area (Å²) in [4.78, 5) is 21.5. The molecule has 0 saturated carbocycles. The summed E-state index contributed by atoms with van der Waals surface area (Å²) in [6.45, 7) is 10.7. The van der Waals surface area contributed by atoms with E-state index in [9.17, 15) is 4.79 Å². The van der Waals surface area contributed by atoms with Crippen LogP contribution in [0.3, 0.4) is 0 Å². The Bertz CT molecular complexity index is 1310. The van der Waals surface area contributed by atoms with Gasteiger partial charge in [-0.25, -0.2) is 9.97 Å². The van der Waals surface area contributed by atoms with Crippen molar-refractivity contribution >= 4 is 33.6 Å². The standard InChI is InChI=1S/C26H27N3OS.C5H10O2/c1-19-24(30-18-21-5-3-2-4-6-21)17-27-26(28-19)15-20-9-12-29(13-10-20)23-7-8-25-22(16-23)11-14-31-25;1-5(2,3)7-4-6/h2-8,11,14,16-17,20H,9-10,12-13,15,18H2,1H3;4H,1-3H3. The Hall–Kier alpha value is -3.45. The van der Waals surface area contributed by atoms with E-state index in [2.05, 4.69) is 56.4 Å². The number of thiophene rings is 1. The zero-order valence-corrected chi connectivity index (χ0v) is 23.5. The SMILES string of the molecule is CC(C)(C)OC=O.Cc1nc(CC2CCN(c3ccc4sccc4c3)CC2)ncc1OCc1ccccc1. The minimum absolute atomic E-state index is 0.318. The maximum atomic E-state index is 9.60. The first-order chi connectivity index (χ1) is 18.3. The molecule has 2 aromatic heterocycles. The molecule has 4 aromatic rings. The van der Waals surface area contributed by atoms with Gasteiger partial charge in [0.15, 0.2) is 5.75 Å². The summed E-state index contributed by atoms with van der Waals surface area (Å²) < 4.78 is 11.8. The average Bonchev–Trinajstić information content (AvgIpc) is 3.37. The number of fused-ring (bicyclic) bond motifs is 1. The Kier molecular flexibility index (Phi) is 9.34. The summed E-state index contributed by atoms with van der Waals surface area (Å²) in [6, 6.07) is 19.2. The molecule has 0 atom stereocenters. The lowest BCUT2D eigenvalue weighted by Crippen LogP contribution is -2.34. The lowest BCUT2D eigenvalue weighted by Gasteiger charge is -2.33. The number of carbonyl (C=O) groups is 1. The number of carbonyl (C=O) groups excluding carboxylic acids is 1. The van der Waals surface area contributed by atoms with Crippen LogP contribution in [0, 0.1) is 12.8 Å². The minimum atomic E-state index is -0.318. The van der Waals surface area contributed by atoms with E-state index in [-0.39, 0.29) is 5.60 Å². The van der Waals surface area contributed by atoms with Crippen molar-refractivity contribution in [3.8, 4) is 5.75 Å². The fourth-order valence-electron chi connectivity index (χ4n) is 4.43. The molecule has 38 heavy (non-hydrogen) atoms. The second kappa shape index (κ2) is 12.9. The largest absolute Gasteiger partial charge is 0.485 e. The van der Waals surface area contributed by atoms with Crippen molar-refractivity contribution in [2.24, 2.45) is 5.92 Å². The zero-order chi connectivity index (χ0) is 27.0. The number of hydrogen-bond acceptors (Lipinski definition) is 7. The summed E-state index contributed by atoms with van der Waals surface area (Å²) >= 11 is 1.81. The second-order valence-electron chi connectivity index (χ2n) is 10.6. The first kappa shape index (κ1) is 27.6. The Morgan fingerprint density at radius 2 is 1.84 bits per heavy atom. The summed E-state index contributed by atoms with van der Waals surface area (Å²) in [5.41, 5.74) is 3.09. The number of aromatic nitrogens is 2. The highest BCUT2D eigenvalue weighted by molar-refractivity contribution is 7.17. The summed E-state index contributed by atoms with van der Waals surface area (Å²) in [5, 5.41) is 3.52. The number of benzene rings is 2. The van der Waals surface area contributed by atoms with E-state index < -0.39 is 0 Å².